The summed E-state index contributed by atoms with van der Waals surface area (Å²) in [6.45, 7) is 6.48. The number of fused-ring (bicyclic) bond motifs is 1. The number of carbonyl (C=O) groups excluding carboxylic acids is 2. The van der Waals surface area contributed by atoms with Gasteiger partial charge in [-0.15, -0.1) is 0 Å². The molecule has 0 unspecified atom stereocenters. The maximum atomic E-state index is 13.4. The van der Waals surface area contributed by atoms with E-state index in [4.69, 9.17) is 15.2 Å². The maximum absolute atomic E-state index is 13.4. The van der Waals surface area contributed by atoms with E-state index >= 15 is 0 Å². The van der Waals surface area contributed by atoms with Gasteiger partial charge < -0.3 is 20.1 Å². The largest absolute Gasteiger partial charge is 0.469 e. The third-order valence-electron chi connectivity index (χ3n) is 6.50. The highest BCUT2D eigenvalue weighted by Crippen LogP contribution is 2.38. The van der Waals surface area contributed by atoms with Crippen LogP contribution in [0.4, 0.5) is 11.5 Å². The molecule has 1 aliphatic carbocycles. The number of benzene rings is 1. The lowest BCUT2D eigenvalue weighted by Crippen LogP contribution is -2.43. The highest BCUT2D eigenvalue weighted by atomic mass is 16.5. The molecule has 0 saturated heterocycles. The molecule has 0 radical (unpaired) electrons. The van der Waals surface area contributed by atoms with Crippen LogP contribution in [0.2, 0.25) is 0 Å². The van der Waals surface area contributed by atoms with Gasteiger partial charge in [-0.2, -0.15) is 0 Å². The van der Waals surface area contributed by atoms with Crippen molar-refractivity contribution in [3.63, 3.8) is 0 Å². The number of hydrogen-bond donors (Lipinski definition) is 1. The van der Waals surface area contributed by atoms with Gasteiger partial charge in [0, 0.05) is 12.1 Å². The average molecular weight is 453 g/mol. The van der Waals surface area contributed by atoms with Crippen molar-refractivity contribution in [1.82, 2.24) is 9.97 Å². The Morgan fingerprint density at radius 2 is 1.88 bits per heavy atom. The number of nitrogens with two attached hydrogens (primary N) is 1. The highest BCUT2D eigenvalue weighted by Gasteiger charge is 2.37. The fourth-order valence-corrected chi connectivity index (χ4v) is 4.83. The van der Waals surface area contributed by atoms with E-state index in [1.807, 2.05) is 32.9 Å². The first-order chi connectivity index (χ1) is 15.8. The smallest absolute Gasteiger partial charge is 0.306 e. The molecule has 0 spiro atoms. The van der Waals surface area contributed by atoms with Gasteiger partial charge in [0.15, 0.2) is 0 Å². The Balaban J connectivity index is 1.47. The van der Waals surface area contributed by atoms with Crippen molar-refractivity contribution >= 4 is 23.4 Å². The number of rotatable bonds is 5. The Kier molecular flexibility index (Phi) is 6.54. The lowest BCUT2D eigenvalue weighted by Gasteiger charge is -2.30. The van der Waals surface area contributed by atoms with E-state index in [-0.39, 0.29) is 29.1 Å². The van der Waals surface area contributed by atoms with Gasteiger partial charge in [-0.25, -0.2) is 9.97 Å². The van der Waals surface area contributed by atoms with Gasteiger partial charge in [-0.3, -0.25) is 9.59 Å². The second-order valence-electron chi connectivity index (χ2n) is 9.51. The number of ether oxygens (including phenoxy) is 2. The van der Waals surface area contributed by atoms with Crippen LogP contribution < -0.4 is 15.4 Å². The fraction of sp³-hybridized carbons (Fsp3) is 0.520. The van der Waals surface area contributed by atoms with Gasteiger partial charge in [-0.1, -0.05) is 12.1 Å². The van der Waals surface area contributed by atoms with Crippen LogP contribution in [0.1, 0.15) is 74.7 Å². The van der Waals surface area contributed by atoms with Crippen LogP contribution >= 0.6 is 0 Å². The van der Waals surface area contributed by atoms with E-state index in [0.29, 0.717) is 31.4 Å². The van der Waals surface area contributed by atoms with Crippen LogP contribution in [-0.4, -0.2) is 40.6 Å². The molecule has 4 rings (SSSR count). The first-order valence-corrected chi connectivity index (χ1v) is 11.6. The quantitative estimate of drug-likeness (QED) is 0.680. The summed E-state index contributed by atoms with van der Waals surface area (Å²) in [6, 6.07) is 8.17. The number of amides is 1. The van der Waals surface area contributed by atoms with E-state index in [1.165, 1.54) is 11.9 Å². The van der Waals surface area contributed by atoms with Crippen molar-refractivity contribution in [3.8, 4) is 5.88 Å². The van der Waals surface area contributed by atoms with Crippen molar-refractivity contribution in [2.24, 2.45) is 5.92 Å². The molecule has 1 fully saturated rings. The van der Waals surface area contributed by atoms with E-state index in [1.54, 1.807) is 4.90 Å². The summed E-state index contributed by atoms with van der Waals surface area (Å²) in [7, 11) is 0. The molecule has 0 bridgehead atoms. The Hall–Kier alpha value is -3.16. The Labute approximate surface area is 194 Å². The summed E-state index contributed by atoms with van der Waals surface area (Å²) >= 11 is 0. The minimum atomic E-state index is -0.641. The van der Waals surface area contributed by atoms with Crippen molar-refractivity contribution in [1.29, 1.82) is 0 Å². The lowest BCUT2D eigenvalue weighted by molar-refractivity contribution is -0.144. The molecular formula is C25H32N4O4. The predicted molar refractivity (Wildman–Crippen MR) is 125 cm³/mol. The third-order valence-corrected chi connectivity index (χ3v) is 6.50. The number of anilines is 2. The molecule has 2 aliphatic rings. The minimum absolute atomic E-state index is 0.0908. The monoisotopic (exact) mass is 452 g/mol. The second-order valence-corrected chi connectivity index (χ2v) is 9.51. The van der Waals surface area contributed by atoms with Crippen LogP contribution in [-0.2, 0) is 9.53 Å². The second kappa shape index (κ2) is 9.37. The van der Waals surface area contributed by atoms with Crippen molar-refractivity contribution < 1.29 is 19.1 Å². The van der Waals surface area contributed by atoms with E-state index in [2.05, 4.69) is 22.1 Å². The third kappa shape index (κ3) is 5.10. The molecule has 8 nitrogen and oxygen atoms in total. The average Bonchev–Trinajstić information content (AvgIpc) is 2.88. The molecule has 33 heavy (non-hydrogen) atoms. The van der Waals surface area contributed by atoms with Crippen LogP contribution in [0.15, 0.2) is 30.6 Å². The number of nitrogen functional groups attached to an aromatic ring is 1. The zero-order valence-corrected chi connectivity index (χ0v) is 19.5. The molecule has 1 amide bonds. The highest BCUT2D eigenvalue weighted by molar-refractivity contribution is 6.10. The van der Waals surface area contributed by atoms with Gasteiger partial charge in [0.1, 0.15) is 23.3 Å². The molecule has 8 heteroatoms. The molecule has 2 aromatic rings. The summed E-state index contributed by atoms with van der Waals surface area (Å²) in [5.41, 5.74) is 7.61. The first-order valence-electron chi connectivity index (χ1n) is 11.6. The Morgan fingerprint density at radius 3 is 2.55 bits per heavy atom. The predicted octanol–water partition coefficient (Wildman–Crippen LogP) is 4.10. The molecule has 1 aromatic carbocycles. The van der Waals surface area contributed by atoms with E-state index in [9.17, 15) is 9.59 Å². The molecular weight excluding hydrogens is 420 g/mol. The maximum Gasteiger partial charge on any atom is 0.306 e. The Morgan fingerprint density at radius 1 is 1.18 bits per heavy atom. The van der Waals surface area contributed by atoms with Gasteiger partial charge in [0.25, 0.3) is 5.91 Å². The lowest BCUT2D eigenvalue weighted by atomic mass is 9.77. The van der Waals surface area contributed by atoms with E-state index < -0.39 is 5.60 Å². The normalized spacial score (nSPS) is 22.2. The molecule has 2 N–H and O–H groups in total. The van der Waals surface area contributed by atoms with Crippen LogP contribution in [0, 0.1) is 5.92 Å². The fourth-order valence-electron chi connectivity index (χ4n) is 4.83. The van der Waals surface area contributed by atoms with Gasteiger partial charge in [0.05, 0.1) is 13.2 Å². The van der Waals surface area contributed by atoms with E-state index in [0.717, 1.165) is 31.4 Å². The molecule has 0 atom stereocenters. The summed E-state index contributed by atoms with van der Waals surface area (Å²) < 4.78 is 11.1. The number of hydrogen-bond acceptors (Lipinski definition) is 7. The molecule has 2 heterocycles. The zero-order chi connectivity index (χ0) is 23.6. The van der Waals surface area contributed by atoms with Crippen LogP contribution in [0.3, 0.4) is 0 Å². The number of esters is 1. The van der Waals surface area contributed by atoms with Gasteiger partial charge in [-0.05, 0) is 76.0 Å². The SMILES string of the molecule is CCOC(=O)CC1CCC(c2ccc(N3CC(C)(C)Oc4ncnc(N)c4C3=O)cc2)CC1. The number of carbonyl (C=O) groups is 2. The van der Waals surface area contributed by atoms with Gasteiger partial charge in [0.2, 0.25) is 5.88 Å². The van der Waals surface area contributed by atoms with Crippen molar-refractivity contribution in [3.05, 3.63) is 41.7 Å². The standard InChI is InChI=1S/C25H32N4O4/c1-4-32-20(30)13-16-5-7-17(8-6-16)18-9-11-19(12-10-18)29-14-25(2,3)33-23-21(24(29)31)22(26)27-15-28-23/h9-12,15-17H,4-8,13-14H2,1-3H3,(H2,26,27,28). The summed E-state index contributed by atoms with van der Waals surface area (Å²) in [6.07, 6.45) is 5.98. The summed E-state index contributed by atoms with van der Waals surface area (Å²) in [4.78, 5) is 34.9. The first kappa shape index (κ1) is 23.0. The molecule has 1 saturated carbocycles. The summed E-state index contributed by atoms with van der Waals surface area (Å²) in [5.74, 6) is 0.846. The van der Waals surface area contributed by atoms with Crippen molar-refractivity contribution in [2.75, 3.05) is 23.8 Å². The molecule has 176 valence electrons. The van der Waals surface area contributed by atoms with Crippen LogP contribution in [0.25, 0.3) is 0 Å². The minimum Gasteiger partial charge on any atom is -0.469 e. The topological polar surface area (TPSA) is 108 Å². The van der Waals surface area contributed by atoms with Gasteiger partial charge >= 0.3 is 5.97 Å². The zero-order valence-electron chi connectivity index (χ0n) is 19.5. The van der Waals surface area contributed by atoms with Crippen LogP contribution in [0.5, 0.6) is 5.88 Å². The Bertz CT molecular complexity index is 1010. The van der Waals surface area contributed by atoms with Crippen molar-refractivity contribution in [2.45, 2.75) is 64.4 Å². The molecule has 1 aliphatic heterocycles. The summed E-state index contributed by atoms with van der Waals surface area (Å²) in [5, 5.41) is 0. The number of nitrogens with zero attached hydrogens (tertiary/aromatic N) is 3. The molecule has 1 aromatic heterocycles. The number of aromatic nitrogens is 2.